The van der Waals surface area contributed by atoms with Gasteiger partial charge in [-0.2, -0.15) is 5.26 Å². The molecule has 2 N–H and O–H groups in total. The first kappa shape index (κ1) is 15.3. The van der Waals surface area contributed by atoms with Crippen LogP contribution in [0.4, 0.5) is 5.69 Å². The molecule has 0 bridgehead atoms. The summed E-state index contributed by atoms with van der Waals surface area (Å²) in [6, 6.07) is 9.07. The highest BCUT2D eigenvalue weighted by molar-refractivity contribution is 5.80. The van der Waals surface area contributed by atoms with E-state index in [0.29, 0.717) is 18.7 Å². The predicted molar refractivity (Wildman–Crippen MR) is 80.8 cm³/mol. The van der Waals surface area contributed by atoms with Crippen molar-refractivity contribution in [1.29, 1.82) is 5.26 Å². The molecule has 5 heteroatoms. The Balaban J connectivity index is 1.51. The second kappa shape index (κ2) is 8.28. The van der Waals surface area contributed by atoms with Crippen molar-refractivity contribution in [3.8, 4) is 6.07 Å². The monoisotopic (exact) mass is 287 g/mol. The molecule has 5 nitrogen and oxygen atoms in total. The van der Waals surface area contributed by atoms with Gasteiger partial charge in [0.05, 0.1) is 18.2 Å². The van der Waals surface area contributed by atoms with Crippen LogP contribution in [-0.2, 0) is 9.53 Å². The molecule has 0 heterocycles. The number of ether oxygens (including phenoxy) is 1. The topological polar surface area (TPSA) is 74.2 Å². The minimum Gasteiger partial charge on any atom is -0.381 e. The van der Waals surface area contributed by atoms with Crippen LogP contribution in [0.15, 0.2) is 24.3 Å². The lowest BCUT2D eigenvalue weighted by Crippen LogP contribution is -2.31. The molecular formula is C16H21N3O2. The van der Waals surface area contributed by atoms with Crippen LogP contribution in [0.3, 0.4) is 0 Å². The summed E-state index contributed by atoms with van der Waals surface area (Å²) in [6.45, 7) is 2.45. The average Bonchev–Trinajstić information content (AvgIpc) is 3.33. The van der Waals surface area contributed by atoms with Gasteiger partial charge >= 0.3 is 0 Å². The average molecular weight is 287 g/mol. The summed E-state index contributed by atoms with van der Waals surface area (Å²) in [7, 11) is 0. The second-order valence-corrected chi connectivity index (χ2v) is 5.26. The van der Waals surface area contributed by atoms with E-state index in [-0.39, 0.29) is 12.5 Å². The smallest absolute Gasteiger partial charge is 0.239 e. The summed E-state index contributed by atoms with van der Waals surface area (Å²) >= 11 is 0. The number of nitrogens with one attached hydrogen (secondary N) is 2. The first-order valence-electron chi connectivity index (χ1n) is 7.36. The van der Waals surface area contributed by atoms with Gasteiger partial charge in [-0.25, -0.2) is 0 Å². The Kier molecular flexibility index (Phi) is 6.04. The fourth-order valence-electron chi connectivity index (χ4n) is 1.84. The highest BCUT2D eigenvalue weighted by atomic mass is 16.5. The maximum atomic E-state index is 11.6. The number of carbonyl (C=O) groups excluding carboxylic acids is 1. The Morgan fingerprint density at radius 1 is 1.33 bits per heavy atom. The van der Waals surface area contributed by atoms with Gasteiger partial charge in [-0.3, -0.25) is 4.79 Å². The zero-order chi connectivity index (χ0) is 14.9. The summed E-state index contributed by atoms with van der Waals surface area (Å²) in [4.78, 5) is 11.6. The standard InChI is InChI=1S/C16H21N3O2/c17-10-13-4-6-15(7-5-13)19-11-16(20)18-8-1-9-21-12-14-2-3-14/h4-7,14,19H,1-3,8-9,11-12H2,(H,18,20). The number of nitrogens with zero attached hydrogens (tertiary/aromatic N) is 1. The maximum Gasteiger partial charge on any atom is 0.239 e. The van der Waals surface area contributed by atoms with Crippen molar-refractivity contribution in [1.82, 2.24) is 5.32 Å². The van der Waals surface area contributed by atoms with E-state index in [1.54, 1.807) is 24.3 Å². The molecule has 0 unspecified atom stereocenters. The number of hydrogen-bond acceptors (Lipinski definition) is 4. The normalized spacial score (nSPS) is 13.5. The SMILES string of the molecule is N#Cc1ccc(NCC(=O)NCCCOCC2CC2)cc1. The number of amides is 1. The van der Waals surface area contributed by atoms with Gasteiger partial charge in [0.2, 0.25) is 5.91 Å². The Hall–Kier alpha value is -2.06. The van der Waals surface area contributed by atoms with E-state index in [9.17, 15) is 4.79 Å². The summed E-state index contributed by atoms with van der Waals surface area (Å²) in [5.74, 6) is 0.748. The van der Waals surface area contributed by atoms with Crippen molar-refractivity contribution < 1.29 is 9.53 Å². The van der Waals surface area contributed by atoms with Crippen molar-refractivity contribution in [2.45, 2.75) is 19.3 Å². The van der Waals surface area contributed by atoms with Crippen molar-refractivity contribution in [3.63, 3.8) is 0 Å². The van der Waals surface area contributed by atoms with Crippen LogP contribution in [0.25, 0.3) is 0 Å². The number of carbonyl (C=O) groups is 1. The Bertz CT molecular complexity index is 489. The lowest BCUT2D eigenvalue weighted by molar-refractivity contribution is -0.119. The molecule has 0 saturated heterocycles. The summed E-state index contributed by atoms with van der Waals surface area (Å²) in [5, 5.41) is 14.6. The molecule has 1 aliphatic carbocycles. The van der Waals surface area contributed by atoms with Crippen LogP contribution >= 0.6 is 0 Å². The number of benzene rings is 1. The minimum absolute atomic E-state index is 0.0402. The van der Waals surface area contributed by atoms with Crippen LogP contribution < -0.4 is 10.6 Å². The molecule has 0 aliphatic heterocycles. The molecule has 1 aromatic carbocycles. The van der Waals surface area contributed by atoms with E-state index in [1.807, 2.05) is 0 Å². The number of anilines is 1. The highest BCUT2D eigenvalue weighted by Gasteiger charge is 2.20. The Labute approximate surface area is 125 Å². The van der Waals surface area contributed by atoms with Crippen LogP contribution in [0, 0.1) is 17.2 Å². The molecule has 1 aliphatic rings. The maximum absolute atomic E-state index is 11.6. The van der Waals surface area contributed by atoms with Gasteiger partial charge in [-0.15, -0.1) is 0 Å². The Morgan fingerprint density at radius 2 is 2.10 bits per heavy atom. The van der Waals surface area contributed by atoms with E-state index in [2.05, 4.69) is 16.7 Å². The molecule has 1 saturated carbocycles. The Morgan fingerprint density at radius 3 is 2.76 bits per heavy atom. The van der Waals surface area contributed by atoms with Crippen LogP contribution in [0.5, 0.6) is 0 Å². The van der Waals surface area contributed by atoms with E-state index in [4.69, 9.17) is 10.00 Å². The van der Waals surface area contributed by atoms with Crippen molar-refractivity contribution in [2.75, 3.05) is 31.6 Å². The lowest BCUT2D eigenvalue weighted by atomic mass is 10.2. The minimum atomic E-state index is -0.0402. The summed E-state index contributed by atoms with van der Waals surface area (Å²) < 4.78 is 5.50. The molecule has 21 heavy (non-hydrogen) atoms. The van der Waals surface area contributed by atoms with Crippen LogP contribution in [0.2, 0.25) is 0 Å². The molecular weight excluding hydrogens is 266 g/mol. The van der Waals surface area contributed by atoms with Gasteiger partial charge in [0.25, 0.3) is 0 Å². The largest absolute Gasteiger partial charge is 0.381 e. The molecule has 0 atom stereocenters. The van der Waals surface area contributed by atoms with Gasteiger partial charge in [0, 0.05) is 25.4 Å². The quantitative estimate of drug-likeness (QED) is 0.680. The summed E-state index contributed by atoms with van der Waals surface area (Å²) in [6.07, 6.45) is 3.45. The lowest BCUT2D eigenvalue weighted by Gasteiger charge is -2.08. The van der Waals surface area contributed by atoms with Gasteiger partial charge < -0.3 is 15.4 Å². The number of rotatable bonds is 9. The van der Waals surface area contributed by atoms with Gasteiger partial charge in [0.15, 0.2) is 0 Å². The van der Waals surface area contributed by atoms with Crippen molar-refractivity contribution in [3.05, 3.63) is 29.8 Å². The zero-order valence-electron chi connectivity index (χ0n) is 12.1. The van der Waals surface area contributed by atoms with E-state index >= 15 is 0 Å². The first-order valence-corrected chi connectivity index (χ1v) is 7.36. The first-order chi connectivity index (χ1) is 10.3. The van der Waals surface area contributed by atoms with E-state index < -0.39 is 0 Å². The third-order valence-electron chi connectivity index (χ3n) is 3.31. The molecule has 112 valence electrons. The van der Waals surface area contributed by atoms with Gasteiger partial charge in [0.1, 0.15) is 0 Å². The van der Waals surface area contributed by atoms with Gasteiger partial charge in [-0.1, -0.05) is 0 Å². The van der Waals surface area contributed by atoms with Crippen molar-refractivity contribution >= 4 is 11.6 Å². The number of nitriles is 1. The third kappa shape index (κ3) is 6.28. The molecule has 0 spiro atoms. The number of hydrogen-bond donors (Lipinski definition) is 2. The van der Waals surface area contributed by atoms with E-state index in [1.165, 1.54) is 12.8 Å². The van der Waals surface area contributed by atoms with E-state index in [0.717, 1.165) is 24.6 Å². The van der Waals surface area contributed by atoms with Crippen LogP contribution in [-0.4, -0.2) is 32.2 Å². The fraction of sp³-hybridized carbons (Fsp3) is 0.500. The molecule has 2 rings (SSSR count). The fourth-order valence-corrected chi connectivity index (χ4v) is 1.84. The molecule has 1 fully saturated rings. The third-order valence-corrected chi connectivity index (χ3v) is 3.31. The predicted octanol–water partition coefficient (Wildman–Crippen LogP) is 1.90. The molecule has 1 aromatic rings. The summed E-state index contributed by atoms with van der Waals surface area (Å²) in [5.41, 5.74) is 1.44. The molecule has 1 amide bonds. The zero-order valence-corrected chi connectivity index (χ0v) is 12.1. The van der Waals surface area contributed by atoms with Gasteiger partial charge in [-0.05, 0) is 49.4 Å². The molecule has 0 radical (unpaired) electrons. The highest BCUT2D eigenvalue weighted by Crippen LogP contribution is 2.28. The second-order valence-electron chi connectivity index (χ2n) is 5.26. The van der Waals surface area contributed by atoms with Crippen LogP contribution in [0.1, 0.15) is 24.8 Å². The van der Waals surface area contributed by atoms with Crippen molar-refractivity contribution in [2.24, 2.45) is 5.92 Å². The molecule has 0 aromatic heterocycles.